The van der Waals surface area contributed by atoms with Crippen molar-refractivity contribution in [2.75, 3.05) is 14.2 Å². The molecule has 4 rings (SSSR count). The zero-order valence-corrected chi connectivity index (χ0v) is 18.0. The van der Waals surface area contributed by atoms with Gasteiger partial charge in [0.25, 0.3) is 0 Å². The van der Waals surface area contributed by atoms with E-state index in [1.807, 2.05) is 60.4 Å². The van der Waals surface area contributed by atoms with Crippen LogP contribution in [0.5, 0.6) is 11.5 Å². The standard InChI is InChI=1S/C27H26N2O2/c1-4-6-21-7-9-22(10-8-21)27(29-20-5-19-28-29,23-11-15-25(30-2)16-12-23)24-13-17-26(31-3)18-14-24/h4-20H,1-3H3/b6-4+. The lowest BCUT2D eigenvalue weighted by molar-refractivity contribution is 0.411. The molecule has 4 nitrogen and oxygen atoms in total. The number of methoxy groups -OCH3 is 2. The van der Waals surface area contributed by atoms with Crippen LogP contribution < -0.4 is 9.47 Å². The molecule has 0 saturated heterocycles. The van der Waals surface area contributed by atoms with Crippen molar-refractivity contribution in [3.05, 3.63) is 120 Å². The van der Waals surface area contributed by atoms with Gasteiger partial charge in [0.2, 0.25) is 0 Å². The molecule has 0 spiro atoms. The van der Waals surface area contributed by atoms with Gasteiger partial charge in [-0.15, -0.1) is 0 Å². The van der Waals surface area contributed by atoms with Gasteiger partial charge in [-0.25, -0.2) is 0 Å². The fourth-order valence-electron chi connectivity index (χ4n) is 4.06. The zero-order chi connectivity index (χ0) is 21.7. The summed E-state index contributed by atoms with van der Waals surface area (Å²) in [6.07, 6.45) is 7.97. The van der Waals surface area contributed by atoms with Gasteiger partial charge in [0.05, 0.1) is 14.2 Å². The lowest BCUT2D eigenvalue weighted by atomic mass is 9.77. The first kappa shape index (κ1) is 20.5. The van der Waals surface area contributed by atoms with Gasteiger partial charge < -0.3 is 9.47 Å². The molecule has 0 bridgehead atoms. The molecule has 0 amide bonds. The summed E-state index contributed by atoms with van der Waals surface area (Å²) in [5.74, 6) is 1.63. The van der Waals surface area contributed by atoms with E-state index in [0.717, 1.165) is 33.8 Å². The summed E-state index contributed by atoms with van der Waals surface area (Å²) in [5, 5.41) is 4.70. The van der Waals surface area contributed by atoms with E-state index < -0.39 is 5.54 Å². The van der Waals surface area contributed by atoms with E-state index in [4.69, 9.17) is 14.6 Å². The normalized spacial score (nSPS) is 11.6. The van der Waals surface area contributed by atoms with Crippen LogP contribution in [0.25, 0.3) is 6.08 Å². The number of rotatable bonds is 7. The van der Waals surface area contributed by atoms with E-state index in [-0.39, 0.29) is 0 Å². The number of nitrogens with zero attached hydrogens (tertiary/aromatic N) is 2. The van der Waals surface area contributed by atoms with Gasteiger partial charge in [-0.1, -0.05) is 60.7 Å². The number of benzene rings is 3. The highest BCUT2D eigenvalue weighted by Gasteiger charge is 2.39. The van der Waals surface area contributed by atoms with Crippen LogP contribution in [0.4, 0.5) is 0 Å². The molecule has 31 heavy (non-hydrogen) atoms. The Bertz CT molecular complexity index is 1080. The molecule has 0 fully saturated rings. The van der Waals surface area contributed by atoms with Crippen LogP contribution >= 0.6 is 0 Å². The van der Waals surface area contributed by atoms with Gasteiger partial charge >= 0.3 is 0 Å². The first-order chi connectivity index (χ1) is 15.2. The van der Waals surface area contributed by atoms with Crippen molar-refractivity contribution in [1.29, 1.82) is 0 Å². The molecular weight excluding hydrogens is 384 g/mol. The Hall–Kier alpha value is -3.79. The second-order valence-electron chi connectivity index (χ2n) is 7.24. The highest BCUT2D eigenvalue weighted by molar-refractivity contribution is 5.55. The SMILES string of the molecule is C/C=C/c1ccc(C(c2ccc(OC)cc2)(c2ccc(OC)cc2)n2cccn2)cc1. The molecule has 0 aliphatic carbocycles. The van der Waals surface area contributed by atoms with Crippen LogP contribution in [0, 0.1) is 0 Å². The molecule has 4 heteroatoms. The Morgan fingerprint density at radius 1 is 0.742 bits per heavy atom. The Morgan fingerprint density at radius 3 is 1.61 bits per heavy atom. The van der Waals surface area contributed by atoms with Crippen LogP contribution in [-0.2, 0) is 5.54 Å². The van der Waals surface area contributed by atoms with E-state index >= 15 is 0 Å². The van der Waals surface area contributed by atoms with Gasteiger partial charge in [0.15, 0.2) is 0 Å². The van der Waals surface area contributed by atoms with Crippen molar-refractivity contribution in [2.45, 2.75) is 12.5 Å². The van der Waals surface area contributed by atoms with Crippen LogP contribution in [0.3, 0.4) is 0 Å². The molecule has 0 aliphatic heterocycles. The van der Waals surface area contributed by atoms with Crippen molar-refractivity contribution < 1.29 is 9.47 Å². The Balaban J connectivity index is 2.02. The van der Waals surface area contributed by atoms with Crippen LogP contribution in [0.15, 0.2) is 97.3 Å². The topological polar surface area (TPSA) is 36.3 Å². The summed E-state index contributed by atoms with van der Waals surface area (Å²) >= 11 is 0. The maximum atomic E-state index is 5.41. The molecule has 1 aromatic heterocycles. The maximum absolute atomic E-state index is 5.41. The molecule has 0 saturated carbocycles. The number of ether oxygens (including phenoxy) is 2. The molecule has 156 valence electrons. The van der Waals surface area contributed by atoms with Crippen molar-refractivity contribution in [2.24, 2.45) is 0 Å². The minimum Gasteiger partial charge on any atom is -0.497 e. The molecule has 0 unspecified atom stereocenters. The number of allylic oxidation sites excluding steroid dienone is 1. The molecule has 4 aromatic rings. The Labute approximate surface area is 183 Å². The lowest BCUT2D eigenvalue weighted by Crippen LogP contribution is -2.38. The second kappa shape index (κ2) is 8.92. The van der Waals surface area contributed by atoms with E-state index in [1.165, 1.54) is 0 Å². The minimum atomic E-state index is -0.656. The van der Waals surface area contributed by atoms with Crippen molar-refractivity contribution in [3.8, 4) is 11.5 Å². The third-order valence-corrected chi connectivity index (χ3v) is 5.55. The fraction of sp³-hybridized carbons (Fsp3) is 0.148. The smallest absolute Gasteiger partial charge is 0.137 e. The largest absolute Gasteiger partial charge is 0.497 e. The third kappa shape index (κ3) is 3.73. The van der Waals surface area contributed by atoms with Gasteiger partial charge in [-0.05, 0) is 59.5 Å². The quantitative estimate of drug-likeness (QED) is 0.363. The molecular formula is C27H26N2O2. The van der Waals surface area contributed by atoms with Crippen LogP contribution in [0.2, 0.25) is 0 Å². The average molecular weight is 411 g/mol. The Morgan fingerprint density at radius 2 is 1.23 bits per heavy atom. The molecule has 0 atom stereocenters. The first-order valence-electron chi connectivity index (χ1n) is 10.2. The van der Waals surface area contributed by atoms with E-state index in [0.29, 0.717) is 0 Å². The molecule has 0 N–H and O–H groups in total. The fourth-order valence-corrected chi connectivity index (χ4v) is 4.06. The number of hydrogen-bond acceptors (Lipinski definition) is 3. The lowest BCUT2D eigenvalue weighted by Gasteiger charge is -2.36. The highest BCUT2D eigenvalue weighted by atomic mass is 16.5. The summed E-state index contributed by atoms with van der Waals surface area (Å²) < 4.78 is 12.8. The number of aromatic nitrogens is 2. The van der Waals surface area contributed by atoms with E-state index in [9.17, 15) is 0 Å². The summed E-state index contributed by atoms with van der Waals surface area (Å²) in [5.41, 5.74) is 3.78. The second-order valence-corrected chi connectivity index (χ2v) is 7.24. The number of hydrogen-bond donors (Lipinski definition) is 0. The molecule has 3 aromatic carbocycles. The summed E-state index contributed by atoms with van der Waals surface area (Å²) in [6, 6.07) is 27.0. The predicted molar refractivity (Wildman–Crippen MR) is 125 cm³/mol. The monoisotopic (exact) mass is 410 g/mol. The predicted octanol–water partition coefficient (Wildman–Crippen LogP) is 5.77. The maximum Gasteiger partial charge on any atom is 0.137 e. The highest BCUT2D eigenvalue weighted by Crippen LogP contribution is 2.41. The van der Waals surface area contributed by atoms with Crippen molar-refractivity contribution >= 4 is 6.08 Å². The van der Waals surface area contributed by atoms with Gasteiger partial charge in [0, 0.05) is 12.4 Å². The third-order valence-electron chi connectivity index (χ3n) is 5.55. The summed E-state index contributed by atoms with van der Waals surface area (Å²) in [7, 11) is 3.36. The summed E-state index contributed by atoms with van der Waals surface area (Å²) in [6.45, 7) is 2.02. The van der Waals surface area contributed by atoms with E-state index in [1.54, 1.807) is 14.2 Å². The van der Waals surface area contributed by atoms with Gasteiger partial charge in [-0.3, -0.25) is 4.68 Å². The molecule has 1 heterocycles. The van der Waals surface area contributed by atoms with E-state index in [2.05, 4.69) is 54.6 Å². The van der Waals surface area contributed by atoms with Crippen LogP contribution in [-0.4, -0.2) is 24.0 Å². The summed E-state index contributed by atoms with van der Waals surface area (Å²) in [4.78, 5) is 0. The average Bonchev–Trinajstić information content (AvgIpc) is 3.37. The van der Waals surface area contributed by atoms with Crippen molar-refractivity contribution in [3.63, 3.8) is 0 Å². The van der Waals surface area contributed by atoms with Gasteiger partial charge in [-0.2, -0.15) is 5.10 Å². The van der Waals surface area contributed by atoms with Gasteiger partial charge in [0.1, 0.15) is 17.0 Å². The van der Waals surface area contributed by atoms with Crippen LogP contribution in [0.1, 0.15) is 29.2 Å². The minimum absolute atomic E-state index is 0.656. The first-order valence-corrected chi connectivity index (χ1v) is 10.2. The molecule has 0 aliphatic rings. The molecule has 0 radical (unpaired) electrons. The Kier molecular flexibility index (Phi) is 5.89. The van der Waals surface area contributed by atoms with Crippen molar-refractivity contribution in [1.82, 2.24) is 9.78 Å². The zero-order valence-electron chi connectivity index (χ0n) is 18.0.